The number of ether oxygens (including phenoxy) is 1. The Morgan fingerprint density at radius 2 is 2.03 bits per heavy atom. The van der Waals surface area contributed by atoms with Crippen LogP contribution in [0.1, 0.15) is 52.4 Å². The van der Waals surface area contributed by atoms with E-state index in [1.54, 1.807) is 18.3 Å². The molecule has 0 unspecified atom stereocenters. The van der Waals surface area contributed by atoms with E-state index in [-0.39, 0.29) is 12.5 Å². The third-order valence-corrected chi connectivity index (χ3v) is 6.92. The summed E-state index contributed by atoms with van der Waals surface area (Å²) in [4.78, 5) is 21.6. The molecule has 1 aromatic carbocycles. The topological polar surface area (TPSA) is 65.9 Å². The van der Waals surface area contributed by atoms with Crippen molar-refractivity contribution in [3.8, 4) is 5.75 Å². The summed E-state index contributed by atoms with van der Waals surface area (Å²) in [7, 11) is 0. The van der Waals surface area contributed by atoms with Gasteiger partial charge in [0.2, 0.25) is 0 Å². The lowest BCUT2D eigenvalue weighted by Gasteiger charge is -2.48. The van der Waals surface area contributed by atoms with Crippen LogP contribution in [0.3, 0.4) is 0 Å². The van der Waals surface area contributed by atoms with E-state index in [0.717, 1.165) is 43.7 Å². The van der Waals surface area contributed by atoms with Crippen molar-refractivity contribution in [3.63, 3.8) is 0 Å². The Hall–Kier alpha value is -2.15. The third-order valence-electron chi connectivity index (χ3n) is 6.69. The predicted molar refractivity (Wildman–Crippen MR) is 121 cm³/mol. The molecular formula is C24H30ClN3O3. The van der Waals surface area contributed by atoms with Gasteiger partial charge in [0.1, 0.15) is 17.5 Å². The van der Waals surface area contributed by atoms with Crippen LogP contribution in [0.2, 0.25) is 5.15 Å². The molecular weight excluding hydrogens is 414 g/mol. The average Bonchev–Trinajstić information content (AvgIpc) is 2.79. The molecule has 2 aliphatic heterocycles. The van der Waals surface area contributed by atoms with E-state index < -0.39 is 0 Å². The Bertz CT molecular complexity index is 934. The van der Waals surface area contributed by atoms with Crippen LogP contribution in [-0.2, 0) is 0 Å². The smallest absolute Gasteiger partial charge is 0.255 e. The number of piperazine rings is 1. The van der Waals surface area contributed by atoms with Crippen LogP contribution in [-0.4, -0.2) is 64.7 Å². The number of hydrogen-bond donors (Lipinski definition) is 1. The van der Waals surface area contributed by atoms with Crippen LogP contribution in [0.25, 0.3) is 0 Å². The zero-order valence-corrected chi connectivity index (χ0v) is 18.9. The molecule has 2 atom stereocenters. The molecule has 2 saturated heterocycles. The standard InChI is InChI=1S/C24H30ClN3O3/c1-16-17(2)22(31-13-12-29)8-7-20(16)21-5-3-4-19-15-27(10-11-28(19)21)24(30)18-6-9-23(25)26-14-18/h6-9,14,19,21,29H,3-5,10-13,15H2,1-2H3/t19-,21+/m0/s1. The highest BCUT2D eigenvalue weighted by Gasteiger charge is 2.37. The minimum atomic E-state index is 0.0135. The highest BCUT2D eigenvalue weighted by Crippen LogP contribution is 2.39. The first-order valence-corrected chi connectivity index (χ1v) is 11.4. The summed E-state index contributed by atoms with van der Waals surface area (Å²) in [5, 5.41) is 9.45. The molecule has 6 nitrogen and oxygen atoms in total. The van der Waals surface area contributed by atoms with Gasteiger partial charge in [0.15, 0.2) is 0 Å². The van der Waals surface area contributed by atoms with Crippen molar-refractivity contribution in [1.82, 2.24) is 14.8 Å². The minimum absolute atomic E-state index is 0.0135. The maximum Gasteiger partial charge on any atom is 0.255 e. The van der Waals surface area contributed by atoms with Gasteiger partial charge in [-0.25, -0.2) is 4.98 Å². The first-order chi connectivity index (χ1) is 15.0. The van der Waals surface area contributed by atoms with Crippen LogP contribution in [0, 0.1) is 13.8 Å². The molecule has 31 heavy (non-hydrogen) atoms. The van der Waals surface area contributed by atoms with Gasteiger partial charge in [-0.05, 0) is 68.0 Å². The molecule has 166 valence electrons. The molecule has 1 amide bonds. The van der Waals surface area contributed by atoms with Gasteiger partial charge in [-0.1, -0.05) is 17.7 Å². The molecule has 0 radical (unpaired) electrons. The number of aliphatic hydroxyl groups is 1. The van der Waals surface area contributed by atoms with Gasteiger partial charge < -0.3 is 14.7 Å². The number of piperidine rings is 1. The minimum Gasteiger partial charge on any atom is -0.491 e. The van der Waals surface area contributed by atoms with Gasteiger partial charge >= 0.3 is 0 Å². The molecule has 0 bridgehead atoms. The lowest BCUT2D eigenvalue weighted by Crippen LogP contribution is -2.57. The maximum absolute atomic E-state index is 13.0. The molecule has 4 rings (SSSR count). The fourth-order valence-corrected chi connectivity index (χ4v) is 5.05. The number of halogens is 1. The molecule has 3 heterocycles. The second-order valence-electron chi connectivity index (χ2n) is 8.43. The van der Waals surface area contributed by atoms with Gasteiger partial charge in [0, 0.05) is 37.9 Å². The molecule has 0 spiro atoms. The van der Waals surface area contributed by atoms with Crippen molar-refractivity contribution in [2.24, 2.45) is 0 Å². The normalized spacial score (nSPS) is 21.6. The summed E-state index contributed by atoms with van der Waals surface area (Å²) in [6.07, 6.45) is 4.95. The van der Waals surface area contributed by atoms with E-state index in [2.05, 4.69) is 29.8 Å². The zero-order valence-electron chi connectivity index (χ0n) is 18.2. The van der Waals surface area contributed by atoms with E-state index in [0.29, 0.717) is 36.0 Å². The first-order valence-electron chi connectivity index (χ1n) is 11.0. The number of amides is 1. The SMILES string of the molecule is Cc1c(OCCO)ccc([C@H]2CCC[C@H]3CN(C(=O)c4ccc(Cl)nc4)CCN32)c1C. The Morgan fingerprint density at radius 3 is 2.77 bits per heavy atom. The highest BCUT2D eigenvalue weighted by atomic mass is 35.5. The fraction of sp³-hybridized carbons (Fsp3) is 0.500. The van der Waals surface area contributed by atoms with Crippen LogP contribution < -0.4 is 4.74 Å². The van der Waals surface area contributed by atoms with Gasteiger partial charge in [0.05, 0.1) is 12.2 Å². The Kier molecular flexibility index (Phi) is 6.80. The second kappa shape index (κ2) is 9.55. The molecule has 2 aliphatic rings. The number of pyridine rings is 1. The third kappa shape index (κ3) is 4.56. The van der Waals surface area contributed by atoms with Crippen LogP contribution in [0.5, 0.6) is 5.75 Å². The number of hydrogen-bond acceptors (Lipinski definition) is 5. The second-order valence-corrected chi connectivity index (χ2v) is 8.82. The Labute approximate surface area is 188 Å². The number of fused-ring (bicyclic) bond motifs is 1. The number of nitrogens with zero attached hydrogens (tertiary/aromatic N) is 3. The molecule has 1 aromatic heterocycles. The van der Waals surface area contributed by atoms with Crippen molar-refractivity contribution in [2.45, 2.75) is 45.2 Å². The molecule has 0 aliphatic carbocycles. The summed E-state index contributed by atoms with van der Waals surface area (Å²) in [5.41, 5.74) is 4.33. The number of aliphatic hydroxyl groups excluding tert-OH is 1. The molecule has 2 fully saturated rings. The summed E-state index contributed by atoms with van der Waals surface area (Å²) < 4.78 is 5.68. The average molecular weight is 444 g/mol. The summed E-state index contributed by atoms with van der Waals surface area (Å²) in [6.45, 7) is 6.89. The van der Waals surface area contributed by atoms with E-state index in [4.69, 9.17) is 21.4 Å². The van der Waals surface area contributed by atoms with Crippen molar-refractivity contribution >= 4 is 17.5 Å². The molecule has 1 N–H and O–H groups in total. The van der Waals surface area contributed by atoms with E-state index in [1.165, 1.54) is 11.1 Å². The number of aromatic nitrogens is 1. The zero-order chi connectivity index (χ0) is 22.0. The molecule has 0 saturated carbocycles. The van der Waals surface area contributed by atoms with Crippen molar-refractivity contribution < 1.29 is 14.6 Å². The van der Waals surface area contributed by atoms with Crippen molar-refractivity contribution in [3.05, 3.63) is 57.9 Å². The number of rotatable bonds is 5. The summed E-state index contributed by atoms with van der Waals surface area (Å²) in [6, 6.07) is 8.35. The predicted octanol–water partition coefficient (Wildman–Crippen LogP) is 3.77. The Morgan fingerprint density at radius 1 is 1.19 bits per heavy atom. The van der Waals surface area contributed by atoms with E-state index in [1.807, 2.05) is 11.0 Å². The van der Waals surface area contributed by atoms with Crippen molar-refractivity contribution in [1.29, 1.82) is 0 Å². The molecule has 2 aromatic rings. The van der Waals surface area contributed by atoms with Crippen molar-refractivity contribution in [2.75, 3.05) is 32.8 Å². The van der Waals surface area contributed by atoms with Crippen LogP contribution in [0.4, 0.5) is 0 Å². The quantitative estimate of drug-likeness (QED) is 0.712. The lowest BCUT2D eigenvalue weighted by atomic mass is 9.86. The fourth-order valence-electron chi connectivity index (χ4n) is 4.94. The molecule has 7 heteroatoms. The monoisotopic (exact) mass is 443 g/mol. The highest BCUT2D eigenvalue weighted by molar-refractivity contribution is 6.29. The number of carbonyl (C=O) groups is 1. The Balaban J connectivity index is 1.49. The largest absolute Gasteiger partial charge is 0.491 e. The van der Waals surface area contributed by atoms with Crippen LogP contribution >= 0.6 is 11.6 Å². The summed E-state index contributed by atoms with van der Waals surface area (Å²) in [5.74, 6) is 0.873. The van der Waals surface area contributed by atoms with Gasteiger partial charge in [-0.15, -0.1) is 0 Å². The number of benzene rings is 1. The van der Waals surface area contributed by atoms with E-state index in [9.17, 15) is 4.79 Å². The van der Waals surface area contributed by atoms with E-state index >= 15 is 0 Å². The maximum atomic E-state index is 13.0. The first kappa shape index (κ1) is 22.1. The van der Waals surface area contributed by atoms with Gasteiger partial charge in [0.25, 0.3) is 5.91 Å². The van der Waals surface area contributed by atoms with Crippen LogP contribution in [0.15, 0.2) is 30.5 Å². The van der Waals surface area contributed by atoms with Gasteiger partial charge in [-0.3, -0.25) is 9.69 Å². The lowest BCUT2D eigenvalue weighted by molar-refractivity contribution is 0.0101. The van der Waals surface area contributed by atoms with Gasteiger partial charge in [-0.2, -0.15) is 0 Å². The number of carbonyl (C=O) groups excluding carboxylic acids is 1. The summed E-state index contributed by atoms with van der Waals surface area (Å²) >= 11 is 5.86.